The second-order valence-corrected chi connectivity index (χ2v) is 3.82. The van der Waals surface area contributed by atoms with Crippen molar-refractivity contribution >= 4 is 11.7 Å². The Bertz CT molecular complexity index is 578. The van der Waals surface area contributed by atoms with Gasteiger partial charge >= 0.3 is 5.97 Å². The highest BCUT2D eigenvalue weighted by molar-refractivity contribution is 5.94. The van der Waals surface area contributed by atoms with Gasteiger partial charge in [-0.25, -0.2) is 4.79 Å². The number of aryl methyl sites for hydroxylation is 1. The zero-order chi connectivity index (χ0) is 13.1. The highest BCUT2D eigenvalue weighted by atomic mass is 16.5. The van der Waals surface area contributed by atoms with Gasteiger partial charge in [-0.2, -0.15) is 5.10 Å². The molecule has 3 N–H and O–H groups in total. The number of rotatable bonds is 4. The Balaban J connectivity index is 2.10. The molecule has 0 amide bonds. The van der Waals surface area contributed by atoms with Crippen LogP contribution in [0.1, 0.15) is 16.1 Å². The highest BCUT2D eigenvalue weighted by Gasteiger charge is 2.09. The number of carboxylic acids is 1. The van der Waals surface area contributed by atoms with Crippen molar-refractivity contribution in [2.24, 2.45) is 7.05 Å². The van der Waals surface area contributed by atoms with Crippen LogP contribution in [-0.2, 0) is 13.7 Å². The Kier molecular flexibility index (Phi) is 3.18. The van der Waals surface area contributed by atoms with E-state index in [1.54, 1.807) is 10.7 Å². The lowest BCUT2D eigenvalue weighted by atomic mass is 10.2. The second-order valence-electron chi connectivity index (χ2n) is 3.82. The number of nitrogens with zero attached hydrogens (tertiary/aromatic N) is 2. The van der Waals surface area contributed by atoms with E-state index >= 15 is 0 Å². The van der Waals surface area contributed by atoms with Crippen LogP contribution >= 0.6 is 0 Å². The third-order valence-electron chi connectivity index (χ3n) is 2.41. The maximum atomic E-state index is 10.9. The van der Waals surface area contributed by atoms with Gasteiger partial charge in [0, 0.05) is 18.9 Å². The number of anilines is 1. The van der Waals surface area contributed by atoms with Gasteiger partial charge in [-0.05, 0) is 24.3 Å². The van der Waals surface area contributed by atoms with Gasteiger partial charge in [-0.3, -0.25) is 4.68 Å². The van der Waals surface area contributed by atoms with Gasteiger partial charge in [0.1, 0.15) is 12.4 Å². The molecule has 94 valence electrons. The van der Waals surface area contributed by atoms with Crippen LogP contribution in [0.5, 0.6) is 5.75 Å². The van der Waals surface area contributed by atoms with E-state index in [-0.39, 0.29) is 17.9 Å². The van der Waals surface area contributed by atoms with Crippen LogP contribution < -0.4 is 10.5 Å². The summed E-state index contributed by atoms with van der Waals surface area (Å²) < 4.78 is 7.13. The summed E-state index contributed by atoms with van der Waals surface area (Å²) in [7, 11) is 1.81. The summed E-state index contributed by atoms with van der Waals surface area (Å²) in [6.07, 6.45) is 1.81. The predicted octanol–water partition coefficient (Wildman–Crippen LogP) is 1.28. The molecule has 2 rings (SSSR count). The maximum absolute atomic E-state index is 10.9. The van der Waals surface area contributed by atoms with Crippen LogP contribution in [0.2, 0.25) is 0 Å². The standard InChI is InChI=1S/C12H13N3O3/c1-15-5-4-8(14-15)7-18-9-2-3-11(13)10(6-9)12(16)17/h2-6H,7,13H2,1H3,(H,16,17). The summed E-state index contributed by atoms with van der Waals surface area (Å²) in [6, 6.07) is 6.37. The molecular weight excluding hydrogens is 234 g/mol. The fraction of sp³-hybridized carbons (Fsp3) is 0.167. The van der Waals surface area contributed by atoms with Gasteiger partial charge < -0.3 is 15.6 Å². The molecule has 0 bridgehead atoms. The minimum Gasteiger partial charge on any atom is -0.487 e. The molecule has 0 spiro atoms. The number of carboxylic acid groups (broad SMARTS) is 1. The maximum Gasteiger partial charge on any atom is 0.337 e. The van der Waals surface area contributed by atoms with Crippen LogP contribution in [0.3, 0.4) is 0 Å². The molecular formula is C12H13N3O3. The minimum absolute atomic E-state index is 0.0357. The average molecular weight is 247 g/mol. The number of hydrogen-bond donors (Lipinski definition) is 2. The van der Waals surface area contributed by atoms with Crippen molar-refractivity contribution in [3.63, 3.8) is 0 Å². The molecule has 0 aliphatic heterocycles. The van der Waals surface area contributed by atoms with Crippen LogP contribution in [-0.4, -0.2) is 20.9 Å². The first-order chi connectivity index (χ1) is 8.56. The first kappa shape index (κ1) is 12.0. The fourth-order valence-electron chi connectivity index (χ4n) is 1.51. The Morgan fingerprint density at radius 2 is 2.28 bits per heavy atom. The molecule has 0 fully saturated rings. The summed E-state index contributed by atoms with van der Waals surface area (Å²) in [5, 5.41) is 13.1. The topological polar surface area (TPSA) is 90.4 Å². The van der Waals surface area contributed by atoms with Crippen LogP contribution in [0.15, 0.2) is 30.5 Å². The van der Waals surface area contributed by atoms with Crippen LogP contribution in [0.4, 0.5) is 5.69 Å². The smallest absolute Gasteiger partial charge is 0.337 e. The van der Waals surface area contributed by atoms with Crippen molar-refractivity contribution in [2.75, 3.05) is 5.73 Å². The molecule has 0 saturated carbocycles. The van der Waals surface area contributed by atoms with E-state index in [1.807, 2.05) is 19.3 Å². The van der Waals surface area contributed by atoms with E-state index < -0.39 is 5.97 Å². The zero-order valence-corrected chi connectivity index (χ0v) is 9.83. The molecule has 0 saturated heterocycles. The third-order valence-corrected chi connectivity index (χ3v) is 2.41. The van der Waals surface area contributed by atoms with Gasteiger partial charge in [0.25, 0.3) is 0 Å². The van der Waals surface area contributed by atoms with Gasteiger partial charge in [0.15, 0.2) is 0 Å². The quantitative estimate of drug-likeness (QED) is 0.794. The summed E-state index contributed by atoms with van der Waals surface area (Å²) in [5.41, 5.74) is 6.57. The Hall–Kier alpha value is -2.50. The first-order valence-corrected chi connectivity index (χ1v) is 5.30. The van der Waals surface area contributed by atoms with E-state index in [0.29, 0.717) is 5.75 Å². The predicted molar refractivity (Wildman–Crippen MR) is 65.4 cm³/mol. The first-order valence-electron chi connectivity index (χ1n) is 5.30. The number of benzene rings is 1. The molecule has 0 aliphatic rings. The average Bonchev–Trinajstić information content (AvgIpc) is 2.74. The minimum atomic E-state index is -1.07. The number of aromatic carboxylic acids is 1. The van der Waals surface area contributed by atoms with Crippen LogP contribution in [0.25, 0.3) is 0 Å². The summed E-state index contributed by atoms with van der Waals surface area (Å²) >= 11 is 0. The summed E-state index contributed by atoms with van der Waals surface area (Å²) in [6.45, 7) is 0.282. The molecule has 0 atom stereocenters. The molecule has 6 heteroatoms. The third kappa shape index (κ3) is 2.60. The molecule has 1 aromatic carbocycles. The SMILES string of the molecule is Cn1ccc(COc2ccc(N)c(C(=O)O)c2)n1. The number of aromatic nitrogens is 2. The Morgan fingerprint density at radius 1 is 1.50 bits per heavy atom. The molecule has 1 heterocycles. The lowest BCUT2D eigenvalue weighted by Gasteiger charge is -2.06. The highest BCUT2D eigenvalue weighted by Crippen LogP contribution is 2.20. The second kappa shape index (κ2) is 4.79. The van der Waals surface area contributed by atoms with Crippen molar-refractivity contribution in [1.82, 2.24) is 9.78 Å². The number of hydrogen-bond acceptors (Lipinski definition) is 4. The van der Waals surface area contributed by atoms with Gasteiger partial charge in [0.05, 0.1) is 11.3 Å². The number of ether oxygens (including phenoxy) is 1. The lowest BCUT2D eigenvalue weighted by molar-refractivity contribution is 0.0697. The van der Waals surface area contributed by atoms with Crippen molar-refractivity contribution in [1.29, 1.82) is 0 Å². The largest absolute Gasteiger partial charge is 0.487 e. The molecule has 1 aromatic heterocycles. The van der Waals surface area contributed by atoms with Gasteiger partial charge in [-0.15, -0.1) is 0 Å². The zero-order valence-electron chi connectivity index (χ0n) is 9.83. The summed E-state index contributed by atoms with van der Waals surface area (Å²) in [4.78, 5) is 10.9. The van der Waals surface area contributed by atoms with Crippen LogP contribution in [0, 0.1) is 0 Å². The number of nitrogen functional groups attached to an aromatic ring is 1. The van der Waals surface area contributed by atoms with Crippen molar-refractivity contribution in [3.05, 3.63) is 41.7 Å². The van der Waals surface area contributed by atoms with Gasteiger partial charge in [-0.1, -0.05) is 0 Å². The van der Waals surface area contributed by atoms with E-state index in [1.165, 1.54) is 12.1 Å². The van der Waals surface area contributed by atoms with Gasteiger partial charge in [0.2, 0.25) is 0 Å². The summed E-state index contributed by atoms with van der Waals surface area (Å²) in [5.74, 6) is -0.622. The van der Waals surface area contributed by atoms with Crippen molar-refractivity contribution < 1.29 is 14.6 Å². The molecule has 0 unspecified atom stereocenters. The Labute approximate surface area is 104 Å². The molecule has 0 radical (unpaired) electrons. The van der Waals surface area contributed by atoms with E-state index in [4.69, 9.17) is 15.6 Å². The molecule has 0 aliphatic carbocycles. The number of carbonyl (C=O) groups is 1. The van der Waals surface area contributed by atoms with Crippen molar-refractivity contribution in [2.45, 2.75) is 6.61 Å². The monoisotopic (exact) mass is 247 g/mol. The van der Waals surface area contributed by atoms with E-state index in [9.17, 15) is 4.79 Å². The van der Waals surface area contributed by atoms with Crippen molar-refractivity contribution in [3.8, 4) is 5.75 Å². The van der Waals surface area contributed by atoms with E-state index in [2.05, 4.69) is 5.10 Å². The fourth-order valence-corrected chi connectivity index (χ4v) is 1.51. The van der Waals surface area contributed by atoms with E-state index in [0.717, 1.165) is 5.69 Å². The lowest BCUT2D eigenvalue weighted by Crippen LogP contribution is -2.04. The molecule has 6 nitrogen and oxygen atoms in total. The normalized spacial score (nSPS) is 10.3. The molecule has 2 aromatic rings. The molecule has 18 heavy (non-hydrogen) atoms. The Morgan fingerprint density at radius 3 is 2.89 bits per heavy atom. The number of nitrogens with two attached hydrogens (primary N) is 1.